The number of nitrogens with zero attached hydrogens (tertiary/aromatic N) is 3. The van der Waals surface area contributed by atoms with Crippen molar-refractivity contribution in [3.05, 3.63) is 58.7 Å². The quantitative estimate of drug-likeness (QED) is 0.481. The van der Waals surface area contributed by atoms with Crippen molar-refractivity contribution < 1.29 is 23.1 Å². The van der Waals surface area contributed by atoms with E-state index in [0.29, 0.717) is 16.3 Å². The number of anilines is 1. The number of carbonyl (C=O) groups excluding carboxylic acids is 1. The fourth-order valence-corrected chi connectivity index (χ4v) is 5.71. The van der Waals surface area contributed by atoms with E-state index in [1.54, 1.807) is 25.1 Å². The normalized spacial score (nSPS) is 15.7. The van der Waals surface area contributed by atoms with Gasteiger partial charge in [-0.3, -0.25) is 9.59 Å². The Labute approximate surface area is 215 Å². The van der Waals surface area contributed by atoms with E-state index in [2.05, 4.69) is 28.2 Å². The Bertz CT molecular complexity index is 1410. The van der Waals surface area contributed by atoms with Crippen LogP contribution in [0.2, 0.25) is 5.02 Å². The van der Waals surface area contributed by atoms with Gasteiger partial charge in [0.15, 0.2) is 15.6 Å². The standard InChI is InChI=1S/C25H29ClN4O5S/c1-16(17-4-6-19(7-5-17)36(34,35)15-24(31)32)27-25(33)23-14-20-21(26)12-18(13-22(20)29(23)3)30-10-8-28(2)9-11-30/h4-7,12-14,16H,8-11,15H2,1-3H3,(H,27,33)(H,31,32)/t16-/m1/s1. The molecule has 1 saturated heterocycles. The number of hydrogen-bond acceptors (Lipinski definition) is 6. The van der Waals surface area contributed by atoms with Crippen LogP contribution in [0.25, 0.3) is 10.9 Å². The van der Waals surface area contributed by atoms with Gasteiger partial charge in [0.25, 0.3) is 5.91 Å². The van der Waals surface area contributed by atoms with Gasteiger partial charge < -0.3 is 24.8 Å². The number of rotatable bonds is 7. The fraction of sp³-hybridized carbons (Fsp3) is 0.360. The zero-order valence-corrected chi connectivity index (χ0v) is 21.9. The van der Waals surface area contributed by atoms with E-state index in [9.17, 15) is 18.0 Å². The van der Waals surface area contributed by atoms with Crippen molar-refractivity contribution in [2.24, 2.45) is 7.05 Å². The minimum atomic E-state index is -3.92. The molecule has 0 spiro atoms. The van der Waals surface area contributed by atoms with E-state index in [0.717, 1.165) is 42.8 Å². The molecule has 1 atom stereocenters. The van der Waals surface area contributed by atoms with E-state index in [-0.39, 0.29) is 10.8 Å². The molecule has 1 aliphatic rings. The van der Waals surface area contributed by atoms with Crippen molar-refractivity contribution in [3.63, 3.8) is 0 Å². The zero-order valence-electron chi connectivity index (χ0n) is 20.4. The molecule has 4 rings (SSSR count). The number of hydrogen-bond donors (Lipinski definition) is 2. The molecular formula is C25H29ClN4O5S. The summed E-state index contributed by atoms with van der Waals surface area (Å²) in [6.07, 6.45) is 0. The highest BCUT2D eigenvalue weighted by molar-refractivity contribution is 7.92. The van der Waals surface area contributed by atoms with Crippen LogP contribution >= 0.6 is 11.6 Å². The van der Waals surface area contributed by atoms with E-state index >= 15 is 0 Å². The average molecular weight is 533 g/mol. The number of amides is 1. The van der Waals surface area contributed by atoms with Gasteiger partial charge in [0.1, 0.15) is 5.69 Å². The van der Waals surface area contributed by atoms with E-state index in [1.807, 2.05) is 17.7 Å². The number of aryl methyl sites for hydroxylation is 1. The van der Waals surface area contributed by atoms with Crippen LogP contribution < -0.4 is 10.2 Å². The van der Waals surface area contributed by atoms with Crippen molar-refractivity contribution in [1.29, 1.82) is 0 Å². The SMILES string of the molecule is C[C@@H](NC(=O)c1cc2c(Cl)cc(N3CCN(C)CC3)cc2n1C)c1ccc(S(=O)(=O)CC(=O)O)cc1. The summed E-state index contributed by atoms with van der Waals surface area (Å²) in [5, 5.41) is 13.1. The summed E-state index contributed by atoms with van der Waals surface area (Å²) in [5.74, 6) is -2.68. The first-order valence-electron chi connectivity index (χ1n) is 11.5. The number of carboxylic acid groups (broad SMARTS) is 1. The number of fused-ring (bicyclic) bond motifs is 1. The monoisotopic (exact) mass is 532 g/mol. The van der Waals surface area contributed by atoms with Crippen LogP contribution in [0.3, 0.4) is 0 Å². The lowest BCUT2D eigenvalue weighted by atomic mass is 10.1. The Kier molecular flexibility index (Phi) is 7.31. The number of carboxylic acids is 1. The maximum atomic E-state index is 13.1. The summed E-state index contributed by atoms with van der Waals surface area (Å²) < 4.78 is 26.0. The van der Waals surface area contributed by atoms with Crippen molar-refractivity contribution in [2.75, 3.05) is 43.9 Å². The number of nitrogens with one attached hydrogen (secondary N) is 1. The predicted octanol–water partition coefficient (Wildman–Crippen LogP) is 2.93. The molecule has 1 aliphatic heterocycles. The molecule has 36 heavy (non-hydrogen) atoms. The Hall–Kier alpha value is -3.08. The third-order valence-electron chi connectivity index (χ3n) is 6.60. The highest BCUT2D eigenvalue weighted by Gasteiger charge is 2.22. The number of aromatic nitrogens is 1. The van der Waals surface area contributed by atoms with Crippen LogP contribution in [-0.2, 0) is 21.7 Å². The minimum Gasteiger partial charge on any atom is -0.480 e. The minimum absolute atomic E-state index is 0.0772. The molecule has 1 fully saturated rings. The number of aliphatic carboxylic acids is 1. The topological polar surface area (TPSA) is 112 Å². The third kappa shape index (κ3) is 5.35. The summed E-state index contributed by atoms with van der Waals surface area (Å²) in [6.45, 7) is 5.55. The number of piperazine rings is 1. The molecule has 0 bridgehead atoms. The summed E-state index contributed by atoms with van der Waals surface area (Å²) in [5.41, 5.74) is 3.03. The molecule has 1 amide bonds. The second kappa shape index (κ2) is 10.1. The lowest BCUT2D eigenvalue weighted by Gasteiger charge is -2.34. The van der Waals surface area contributed by atoms with Crippen LogP contribution in [0.5, 0.6) is 0 Å². The Morgan fingerprint density at radius 1 is 1.06 bits per heavy atom. The van der Waals surface area contributed by atoms with Gasteiger partial charge in [0.05, 0.1) is 21.5 Å². The van der Waals surface area contributed by atoms with Gasteiger partial charge in [-0.15, -0.1) is 0 Å². The Morgan fingerprint density at radius 3 is 2.31 bits per heavy atom. The first-order valence-corrected chi connectivity index (χ1v) is 13.6. The second-order valence-electron chi connectivity index (χ2n) is 9.16. The van der Waals surface area contributed by atoms with Crippen LogP contribution in [0.4, 0.5) is 5.69 Å². The molecule has 0 radical (unpaired) electrons. The molecule has 11 heteroatoms. The Morgan fingerprint density at radius 2 is 1.69 bits per heavy atom. The summed E-state index contributed by atoms with van der Waals surface area (Å²) in [7, 11) is 0.0153. The van der Waals surface area contributed by atoms with Crippen LogP contribution in [-0.4, -0.2) is 73.8 Å². The molecule has 2 N–H and O–H groups in total. The molecule has 3 aromatic rings. The van der Waals surface area contributed by atoms with Crippen molar-refractivity contribution in [3.8, 4) is 0 Å². The molecule has 0 saturated carbocycles. The zero-order chi connectivity index (χ0) is 26.2. The van der Waals surface area contributed by atoms with Gasteiger partial charge >= 0.3 is 5.97 Å². The first kappa shape index (κ1) is 26.0. The molecule has 1 aromatic heterocycles. The second-order valence-corrected chi connectivity index (χ2v) is 11.6. The van der Waals surface area contributed by atoms with Crippen molar-refractivity contribution >= 4 is 49.9 Å². The summed E-state index contributed by atoms with van der Waals surface area (Å²) in [6, 6.07) is 11.2. The van der Waals surface area contributed by atoms with Crippen molar-refractivity contribution in [1.82, 2.24) is 14.8 Å². The van der Waals surface area contributed by atoms with Gasteiger partial charge in [-0.1, -0.05) is 23.7 Å². The van der Waals surface area contributed by atoms with Crippen LogP contribution in [0, 0.1) is 0 Å². The fourth-order valence-electron chi connectivity index (χ4n) is 4.40. The molecule has 2 aromatic carbocycles. The smallest absolute Gasteiger partial charge is 0.319 e. The van der Waals surface area contributed by atoms with Crippen LogP contribution in [0.1, 0.15) is 29.0 Å². The van der Waals surface area contributed by atoms with Gasteiger partial charge in [0, 0.05) is 44.3 Å². The molecule has 2 heterocycles. The van der Waals surface area contributed by atoms with Crippen LogP contribution in [0.15, 0.2) is 47.4 Å². The summed E-state index contributed by atoms with van der Waals surface area (Å²) >= 11 is 6.62. The lowest BCUT2D eigenvalue weighted by Crippen LogP contribution is -2.44. The van der Waals surface area contributed by atoms with E-state index in [4.69, 9.17) is 16.7 Å². The number of carbonyl (C=O) groups is 2. The van der Waals surface area contributed by atoms with Gasteiger partial charge in [-0.2, -0.15) is 0 Å². The molecular weight excluding hydrogens is 504 g/mol. The largest absolute Gasteiger partial charge is 0.480 e. The highest BCUT2D eigenvalue weighted by Crippen LogP contribution is 2.32. The number of benzene rings is 2. The number of likely N-dealkylation sites (N-methyl/N-ethyl adjacent to an activating group) is 1. The average Bonchev–Trinajstić information content (AvgIpc) is 3.16. The lowest BCUT2D eigenvalue weighted by molar-refractivity contribution is -0.134. The third-order valence-corrected chi connectivity index (χ3v) is 8.53. The van der Waals surface area contributed by atoms with E-state index < -0.39 is 27.6 Å². The van der Waals surface area contributed by atoms with Gasteiger partial charge in [0.2, 0.25) is 0 Å². The Balaban J connectivity index is 1.53. The maximum Gasteiger partial charge on any atom is 0.319 e. The maximum absolute atomic E-state index is 13.1. The van der Waals surface area contributed by atoms with Crippen molar-refractivity contribution in [2.45, 2.75) is 17.9 Å². The molecule has 0 aliphatic carbocycles. The van der Waals surface area contributed by atoms with Gasteiger partial charge in [-0.25, -0.2) is 8.42 Å². The summed E-state index contributed by atoms with van der Waals surface area (Å²) in [4.78, 5) is 28.4. The highest BCUT2D eigenvalue weighted by atomic mass is 35.5. The van der Waals surface area contributed by atoms with E-state index in [1.165, 1.54) is 12.1 Å². The number of halogens is 1. The van der Waals surface area contributed by atoms with Gasteiger partial charge in [-0.05, 0) is 49.9 Å². The predicted molar refractivity (Wildman–Crippen MR) is 140 cm³/mol. The molecule has 0 unspecified atom stereocenters. The number of sulfone groups is 1. The first-order chi connectivity index (χ1) is 17.0. The molecule has 192 valence electrons. The molecule has 9 nitrogen and oxygen atoms in total.